The van der Waals surface area contributed by atoms with Crippen molar-refractivity contribution in [3.05, 3.63) is 29.1 Å². The van der Waals surface area contributed by atoms with Crippen molar-refractivity contribution in [1.29, 1.82) is 0 Å². The molecule has 0 saturated carbocycles. The molecule has 13 heavy (non-hydrogen) atoms. The Morgan fingerprint density at radius 2 is 2.23 bits per heavy atom. The van der Waals surface area contributed by atoms with Crippen molar-refractivity contribution in [3.8, 4) is 0 Å². The summed E-state index contributed by atoms with van der Waals surface area (Å²) in [5, 5.41) is 8.74. The highest BCUT2D eigenvalue weighted by Crippen LogP contribution is 2.21. The Kier molecular flexibility index (Phi) is 2.35. The summed E-state index contributed by atoms with van der Waals surface area (Å²) in [6.45, 7) is 1.59. The van der Waals surface area contributed by atoms with E-state index in [2.05, 4.69) is 0 Å². The standard InChI is InChI=1S/C9H9NO3/c1-6-7(9(12)13)3-4-10(2)8(6)5-11/h3-4H,1-2H3,(H,12,13). The van der Waals surface area contributed by atoms with Gasteiger partial charge in [0.05, 0.1) is 5.57 Å². The summed E-state index contributed by atoms with van der Waals surface area (Å²) in [5.41, 5.74) is 0.837. The number of carboxylic acid groups (broad SMARTS) is 1. The van der Waals surface area contributed by atoms with E-state index < -0.39 is 5.97 Å². The van der Waals surface area contributed by atoms with Gasteiger partial charge in [0.2, 0.25) is 0 Å². The van der Waals surface area contributed by atoms with E-state index in [1.54, 1.807) is 19.9 Å². The first-order chi connectivity index (χ1) is 6.07. The molecule has 4 heteroatoms. The largest absolute Gasteiger partial charge is 0.478 e. The first kappa shape index (κ1) is 9.29. The molecule has 1 aliphatic rings. The van der Waals surface area contributed by atoms with E-state index in [-0.39, 0.29) is 11.3 Å². The average molecular weight is 179 g/mol. The van der Waals surface area contributed by atoms with Crippen LogP contribution in [0.5, 0.6) is 0 Å². The summed E-state index contributed by atoms with van der Waals surface area (Å²) < 4.78 is 0. The van der Waals surface area contributed by atoms with Gasteiger partial charge in [0.25, 0.3) is 0 Å². The molecule has 0 aromatic rings. The number of nitrogens with zero attached hydrogens (tertiary/aromatic N) is 1. The molecule has 0 aromatic carbocycles. The van der Waals surface area contributed by atoms with Crippen LogP contribution < -0.4 is 0 Å². The number of carbonyl (C=O) groups excluding carboxylic acids is 1. The molecule has 0 atom stereocenters. The van der Waals surface area contributed by atoms with Crippen molar-refractivity contribution < 1.29 is 14.7 Å². The third kappa shape index (κ3) is 1.53. The molecule has 1 rings (SSSR count). The van der Waals surface area contributed by atoms with Crippen LogP contribution in [0.25, 0.3) is 0 Å². The molecule has 0 fully saturated rings. The van der Waals surface area contributed by atoms with Gasteiger partial charge >= 0.3 is 5.97 Å². The fourth-order valence-electron chi connectivity index (χ4n) is 1.16. The van der Waals surface area contributed by atoms with Gasteiger partial charge in [0.15, 0.2) is 5.94 Å². The van der Waals surface area contributed by atoms with E-state index in [1.807, 2.05) is 0 Å². The molecule has 1 N–H and O–H groups in total. The lowest BCUT2D eigenvalue weighted by Gasteiger charge is -2.20. The predicted octanol–water partition coefficient (Wildman–Crippen LogP) is 0.562. The molecule has 1 heterocycles. The highest BCUT2D eigenvalue weighted by Gasteiger charge is 2.18. The summed E-state index contributed by atoms with van der Waals surface area (Å²) in [6.07, 6.45) is 2.98. The smallest absolute Gasteiger partial charge is 0.336 e. The van der Waals surface area contributed by atoms with Gasteiger partial charge in [0.1, 0.15) is 5.70 Å². The molecular weight excluding hydrogens is 170 g/mol. The van der Waals surface area contributed by atoms with Crippen LogP contribution in [0.1, 0.15) is 6.92 Å². The van der Waals surface area contributed by atoms with Gasteiger partial charge in [-0.2, -0.15) is 0 Å². The average Bonchev–Trinajstić information content (AvgIpc) is 2.04. The van der Waals surface area contributed by atoms with Crippen LogP contribution in [-0.4, -0.2) is 29.0 Å². The Bertz CT molecular complexity index is 359. The minimum atomic E-state index is -1.03. The third-order valence-corrected chi connectivity index (χ3v) is 1.90. The number of hydrogen-bond acceptors (Lipinski definition) is 3. The molecule has 0 aromatic heterocycles. The fraction of sp³-hybridized carbons (Fsp3) is 0.222. The van der Waals surface area contributed by atoms with Gasteiger partial charge in [-0.25, -0.2) is 9.59 Å². The van der Waals surface area contributed by atoms with Crippen molar-refractivity contribution in [2.75, 3.05) is 7.05 Å². The number of allylic oxidation sites excluding steroid dienone is 1. The van der Waals surface area contributed by atoms with Gasteiger partial charge in [-0.3, -0.25) is 0 Å². The molecule has 0 spiro atoms. The highest BCUT2D eigenvalue weighted by molar-refractivity contribution is 5.93. The van der Waals surface area contributed by atoms with Crippen molar-refractivity contribution in [3.63, 3.8) is 0 Å². The SMILES string of the molecule is CC1=C(C(=O)O)C=CN(C)C1=C=O. The normalized spacial score (nSPS) is 16.2. The maximum atomic E-state index is 10.7. The molecule has 0 saturated heterocycles. The zero-order chi connectivity index (χ0) is 10.0. The number of likely N-dealkylation sites (N-methyl/N-ethyl adjacent to an activating group) is 1. The minimum Gasteiger partial charge on any atom is -0.478 e. The molecule has 0 amide bonds. The van der Waals surface area contributed by atoms with Crippen molar-refractivity contribution in [2.24, 2.45) is 0 Å². The van der Waals surface area contributed by atoms with E-state index in [4.69, 9.17) is 5.11 Å². The first-order valence-electron chi connectivity index (χ1n) is 3.68. The van der Waals surface area contributed by atoms with Crippen LogP contribution in [-0.2, 0) is 9.59 Å². The summed E-state index contributed by atoms with van der Waals surface area (Å²) in [4.78, 5) is 22.7. The van der Waals surface area contributed by atoms with E-state index in [9.17, 15) is 9.59 Å². The van der Waals surface area contributed by atoms with Crippen LogP contribution >= 0.6 is 0 Å². The lowest BCUT2D eigenvalue weighted by Crippen LogP contribution is -2.18. The molecule has 0 unspecified atom stereocenters. The quantitative estimate of drug-likeness (QED) is 0.597. The monoisotopic (exact) mass is 179 g/mol. The molecule has 68 valence electrons. The number of carboxylic acids is 1. The first-order valence-corrected chi connectivity index (χ1v) is 3.68. The zero-order valence-corrected chi connectivity index (χ0v) is 7.37. The molecule has 0 radical (unpaired) electrons. The van der Waals surface area contributed by atoms with Crippen LogP contribution in [0.3, 0.4) is 0 Å². The van der Waals surface area contributed by atoms with Crippen LogP contribution in [0.4, 0.5) is 0 Å². The van der Waals surface area contributed by atoms with Gasteiger partial charge in [0, 0.05) is 13.2 Å². The van der Waals surface area contributed by atoms with E-state index >= 15 is 0 Å². The second-order valence-corrected chi connectivity index (χ2v) is 2.72. The molecule has 4 nitrogen and oxygen atoms in total. The maximum absolute atomic E-state index is 10.7. The van der Waals surface area contributed by atoms with E-state index in [0.717, 1.165) is 0 Å². The second-order valence-electron chi connectivity index (χ2n) is 2.72. The molecule has 0 aliphatic carbocycles. The van der Waals surface area contributed by atoms with E-state index in [0.29, 0.717) is 5.57 Å². The number of rotatable bonds is 1. The maximum Gasteiger partial charge on any atom is 0.336 e. The third-order valence-electron chi connectivity index (χ3n) is 1.90. The number of hydrogen-bond donors (Lipinski definition) is 1. The summed E-state index contributed by atoms with van der Waals surface area (Å²) >= 11 is 0. The molecule has 1 aliphatic heterocycles. The highest BCUT2D eigenvalue weighted by atomic mass is 16.4. The van der Waals surface area contributed by atoms with Crippen LogP contribution in [0, 0.1) is 0 Å². The van der Waals surface area contributed by atoms with Crippen molar-refractivity contribution in [2.45, 2.75) is 6.92 Å². The Morgan fingerprint density at radius 3 is 2.69 bits per heavy atom. The topological polar surface area (TPSA) is 57.6 Å². The van der Waals surface area contributed by atoms with Gasteiger partial charge in [-0.05, 0) is 18.6 Å². The summed E-state index contributed by atoms with van der Waals surface area (Å²) in [7, 11) is 1.67. The van der Waals surface area contributed by atoms with Crippen LogP contribution in [0.2, 0.25) is 0 Å². The zero-order valence-electron chi connectivity index (χ0n) is 7.37. The summed E-state index contributed by atoms with van der Waals surface area (Å²) in [6, 6.07) is 0. The Hall–Kier alpha value is -1.80. The van der Waals surface area contributed by atoms with E-state index in [1.165, 1.54) is 17.2 Å². The van der Waals surface area contributed by atoms with Gasteiger partial charge in [-0.1, -0.05) is 0 Å². The lowest BCUT2D eigenvalue weighted by molar-refractivity contribution is -0.132. The molecule has 0 bridgehead atoms. The summed E-state index contributed by atoms with van der Waals surface area (Å²) in [5.74, 6) is 0.676. The Labute approximate surface area is 75.5 Å². The fourth-order valence-corrected chi connectivity index (χ4v) is 1.16. The van der Waals surface area contributed by atoms with Crippen molar-refractivity contribution in [1.82, 2.24) is 4.90 Å². The van der Waals surface area contributed by atoms with Gasteiger partial charge < -0.3 is 10.0 Å². The van der Waals surface area contributed by atoms with Crippen molar-refractivity contribution >= 4 is 11.9 Å². The second kappa shape index (κ2) is 3.29. The van der Waals surface area contributed by atoms with Crippen LogP contribution in [0.15, 0.2) is 29.1 Å². The predicted molar refractivity (Wildman–Crippen MR) is 46.4 cm³/mol. The number of aliphatic carboxylic acids is 1. The minimum absolute atomic E-state index is 0.136. The Balaban J connectivity index is 3.26. The van der Waals surface area contributed by atoms with Gasteiger partial charge in [-0.15, -0.1) is 0 Å². The lowest BCUT2D eigenvalue weighted by atomic mass is 10.0. The molecular formula is C9H9NO3. The number of carbonyl (C=O) groups is 1. The Morgan fingerprint density at radius 1 is 1.62 bits per heavy atom.